The third-order valence-electron chi connectivity index (χ3n) is 4.09. The van der Waals surface area contributed by atoms with E-state index in [1.54, 1.807) is 37.6 Å². The maximum atomic E-state index is 12.3. The molecule has 0 bridgehead atoms. The van der Waals surface area contributed by atoms with Crippen molar-refractivity contribution in [3.8, 4) is 11.5 Å². The molecule has 0 saturated carbocycles. The Kier molecular flexibility index (Phi) is 6.41. The van der Waals surface area contributed by atoms with Gasteiger partial charge in [0.2, 0.25) is 11.9 Å². The summed E-state index contributed by atoms with van der Waals surface area (Å²) in [5.41, 5.74) is 4.04. The van der Waals surface area contributed by atoms with Crippen LogP contribution in [0.2, 0.25) is 0 Å². The van der Waals surface area contributed by atoms with Crippen LogP contribution in [0.15, 0.2) is 58.6 Å². The van der Waals surface area contributed by atoms with Crippen LogP contribution in [-0.4, -0.2) is 44.2 Å². The molecule has 29 heavy (non-hydrogen) atoms. The van der Waals surface area contributed by atoms with Gasteiger partial charge in [0.25, 0.3) is 5.91 Å². The van der Waals surface area contributed by atoms with Crippen molar-refractivity contribution in [3.63, 3.8) is 0 Å². The molecular formula is C20H21N5O4. The van der Waals surface area contributed by atoms with E-state index in [0.29, 0.717) is 11.4 Å². The minimum absolute atomic E-state index is 0.0999. The molecule has 0 saturated heterocycles. The molecule has 0 unspecified atom stereocenters. The van der Waals surface area contributed by atoms with Crippen molar-refractivity contribution >= 4 is 29.7 Å². The average molecular weight is 395 g/mol. The standard InChI is InChI=1S/C20H21N5O4/c1-28-14-9-7-13(8-10-14)12-21-25-20-23-16(19(27)24-20)11-18(26)22-15-5-3-4-6-17(15)29-2/h3-10,12,16H,11H2,1-2H3,(H,22,26)(H2,23,24,25,27)/b21-12-/t16-/m1/s1. The predicted molar refractivity (Wildman–Crippen MR) is 109 cm³/mol. The first-order chi connectivity index (χ1) is 14.1. The van der Waals surface area contributed by atoms with E-state index >= 15 is 0 Å². The molecule has 3 rings (SSSR count). The van der Waals surface area contributed by atoms with Crippen LogP contribution in [0.5, 0.6) is 11.5 Å². The minimum Gasteiger partial charge on any atom is -0.497 e. The summed E-state index contributed by atoms with van der Waals surface area (Å²) >= 11 is 0. The van der Waals surface area contributed by atoms with Crippen LogP contribution in [0.4, 0.5) is 5.69 Å². The van der Waals surface area contributed by atoms with Gasteiger partial charge >= 0.3 is 0 Å². The monoisotopic (exact) mass is 395 g/mol. The van der Waals surface area contributed by atoms with Gasteiger partial charge in [0.1, 0.15) is 17.5 Å². The fourth-order valence-corrected chi connectivity index (χ4v) is 2.62. The third-order valence-corrected chi connectivity index (χ3v) is 4.09. The van der Waals surface area contributed by atoms with Crippen molar-refractivity contribution in [2.24, 2.45) is 10.1 Å². The molecule has 1 atom stereocenters. The second-order valence-electron chi connectivity index (χ2n) is 6.08. The number of rotatable bonds is 7. The summed E-state index contributed by atoms with van der Waals surface area (Å²) in [7, 11) is 3.11. The Hall–Kier alpha value is -3.88. The summed E-state index contributed by atoms with van der Waals surface area (Å²) in [5.74, 6) is 0.755. The number of ether oxygens (including phenoxy) is 2. The molecule has 0 radical (unpaired) electrons. The van der Waals surface area contributed by atoms with Crippen molar-refractivity contribution in [2.75, 3.05) is 19.5 Å². The number of anilines is 1. The Bertz CT molecular complexity index is 940. The molecule has 0 aromatic heterocycles. The molecule has 1 aliphatic heterocycles. The second kappa shape index (κ2) is 9.36. The number of guanidine groups is 1. The topological polar surface area (TPSA) is 113 Å². The first kappa shape index (κ1) is 19.9. The first-order valence-corrected chi connectivity index (χ1v) is 8.83. The number of hydrogen-bond acceptors (Lipinski definition) is 7. The Morgan fingerprint density at radius 2 is 1.93 bits per heavy atom. The largest absolute Gasteiger partial charge is 0.497 e. The number of hydrogen-bond donors (Lipinski definition) is 3. The number of nitrogens with zero attached hydrogens (tertiary/aromatic N) is 2. The minimum atomic E-state index is -0.830. The van der Waals surface area contributed by atoms with Crippen LogP contribution in [0, 0.1) is 0 Å². The molecule has 1 aliphatic rings. The lowest BCUT2D eigenvalue weighted by molar-refractivity contribution is -0.123. The van der Waals surface area contributed by atoms with Gasteiger partial charge < -0.3 is 14.8 Å². The van der Waals surface area contributed by atoms with E-state index in [0.717, 1.165) is 11.3 Å². The highest BCUT2D eigenvalue weighted by atomic mass is 16.5. The highest BCUT2D eigenvalue weighted by Gasteiger charge is 2.28. The lowest BCUT2D eigenvalue weighted by Crippen LogP contribution is -2.35. The number of methoxy groups -OCH3 is 2. The number of benzene rings is 2. The molecule has 3 N–H and O–H groups in total. The fourth-order valence-electron chi connectivity index (χ4n) is 2.62. The molecule has 2 aromatic carbocycles. The summed E-state index contributed by atoms with van der Waals surface area (Å²) in [5, 5.41) is 9.33. The summed E-state index contributed by atoms with van der Waals surface area (Å²) in [6.07, 6.45) is 1.48. The molecule has 9 nitrogen and oxygen atoms in total. The third kappa shape index (κ3) is 5.32. The Morgan fingerprint density at radius 3 is 2.66 bits per heavy atom. The summed E-state index contributed by atoms with van der Waals surface area (Å²) in [4.78, 5) is 28.5. The summed E-state index contributed by atoms with van der Waals surface area (Å²) in [6.45, 7) is 0. The number of aliphatic imine (C=N–C) groups is 1. The number of carbonyl (C=O) groups is 2. The molecule has 150 valence electrons. The fraction of sp³-hybridized carbons (Fsp3) is 0.200. The van der Waals surface area contributed by atoms with E-state index in [1.165, 1.54) is 7.11 Å². The van der Waals surface area contributed by atoms with Crippen LogP contribution in [0.3, 0.4) is 0 Å². The maximum Gasteiger partial charge on any atom is 0.252 e. The molecule has 2 amide bonds. The Labute approximate surface area is 167 Å². The van der Waals surface area contributed by atoms with Gasteiger partial charge in [0, 0.05) is 0 Å². The van der Waals surface area contributed by atoms with Crippen LogP contribution >= 0.6 is 0 Å². The van der Waals surface area contributed by atoms with Gasteiger partial charge in [-0.25, -0.2) is 10.4 Å². The van der Waals surface area contributed by atoms with E-state index < -0.39 is 6.04 Å². The zero-order valence-corrected chi connectivity index (χ0v) is 16.0. The summed E-state index contributed by atoms with van der Waals surface area (Å²) in [6, 6.07) is 13.5. The van der Waals surface area contributed by atoms with Gasteiger partial charge in [-0.2, -0.15) is 5.10 Å². The first-order valence-electron chi connectivity index (χ1n) is 8.83. The van der Waals surface area contributed by atoms with Crippen LogP contribution < -0.4 is 25.5 Å². The zero-order chi connectivity index (χ0) is 20.6. The summed E-state index contributed by atoms with van der Waals surface area (Å²) < 4.78 is 10.3. The molecule has 1 heterocycles. The SMILES string of the molecule is COc1ccc(/C=N\NC2=N[C@H](CC(=O)Nc3ccccc3OC)C(=O)N2)cc1. The number of para-hydroxylation sites is 2. The number of hydrazone groups is 1. The van der Waals surface area contributed by atoms with E-state index in [4.69, 9.17) is 9.47 Å². The molecule has 0 aliphatic carbocycles. The van der Waals surface area contributed by atoms with Gasteiger partial charge in [0.15, 0.2) is 0 Å². The van der Waals surface area contributed by atoms with Crippen molar-refractivity contribution in [3.05, 3.63) is 54.1 Å². The quantitative estimate of drug-likeness (QED) is 0.486. The van der Waals surface area contributed by atoms with Crippen molar-refractivity contribution < 1.29 is 19.1 Å². The number of amides is 2. The van der Waals surface area contributed by atoms with Crippen molar-refractivity contribution in [1.82, 2.24) is 10.7 Å². The van der Waals surface area contributed by atoms with Crippen LogP contribution in [0.1, 0.15) is 12.0 Å². The molecule has 0 spiro atoms. The van der Waals surface area contributed by atoms with Gasteiger partial charge in [0.05, 0.1) is 32.5 Å². The molecule has 9 heteroatoms. The Morgan fingerprint density at radius 1 is 1.17 bits per heavy atom. The smallest absolute Gasteiger partial charge is 0.252 e. The van der Waals surface area contributed by atoms with E-state index in [9.17, 15) is 9.59 Å². The molecular weight excluding hydrogens is 374 g/mol. The highest BCUT2D eigenvalue weighted by Crippen LogP contribution is 2.23. The van der Waals surface area contributed by atoms with Gasteiger partial charge in [-0.3, -0.25) is 14.9 Å². The van der Waals surface area contributed by atoms with Crippen molar-refractivity contribution in [2.45, 2.75) is 12.5 Å². The average Bonchev–Trinajstić information content (AvgIpc) is 3.07. The second-order valence-corrected chi connectivity index (χ2v) is 6.08. The normalized spacial score (nSPS) is 15.6. The lowest BCUT2D eigenvalue weighted by Gasteiger charge is -2.10. The van der Waals surface area contributed by atoms with E-state index in [2.05, 4.69) is 26.2 Å². The number of carbonyl (C=O) groups excluding carboxylic acids is 2. The van der Waals surface area contributed by atoms with Gasteiger partial charge in [-0.1, -0.05) is 12.1 Å². The lowest BCUT2D eigenvalue weighted by atomic mass is 10.2. The van der Waals surface area contributed by atoms with E-state index in [-0.39, 0.29) is 24.2 Å². The van der Waals surface area contributed by atoms with Gasteiger partial charge in [-0.05, 0) is 42.0 Å². The van der Waals surface area contributed by atoms with Gasteiger partial charge in [-0.15, -0.1) is 0 Å². The maximum absolute atomic E-state index is 12.3. The van der Waals surface area contributed by atoms with Crippen LogP contribution in [-0.2, 0) is 9.59 Å². The molecule has 2 aromatic rings. The van der Waals surface area contributed by atoms with Crippen molar-refractivity contribution in [1.29, 1.82) is 0 Å². The Balaban J connectivity index is 1.54. The number of nitrogens with one attached hydrogen (secondary N) is 3. The van der Waals surface area contributed by atoms with Crippen LogP contribution in [0.25, 0.3) is 0 Å². The molecule has 0 fully saturated rings. The zero-order valence-electron chi connectivity index (χ0n) is 16.0. The van der Waals surface area contributed by atoms with E-state index in [1.807, 2.05) is 24.3 Å². The highest BCUT2D eigenvalue weighted by molar-refractivity contribution is 6.07. The predicted octanol–water partition coefficient (Wildman–Crippen LogP) is 1.51.